The van der Waals surface area contributed by atoms with E-state index in [1.807, 2.05) is 6.92 Å². The SMILES string of the molecule is CCCCC(=O)Nc1ccc(NC(=O)CCCN)cc1OC. The van der Waals surface area contributed by atoms with Crippen LogP contribution in [0.15, 0.2) is 18.2 Å². The summed E-state index contributed by atoms with van der Waals surface area (Å²) in [6.45, 7) is 2.52. The number of nitrogens with two attached hydrogens (primary N) is 1. The Morgan fingerprint density at radius 1 is 1.14 bits per heavy atom. The summed E-state index contributed by atoms with van der Waals surface area (Å²) in [7, 11) is 1.52. The largest absolute Gasteiger partial charge is 0.494 e. The zero-order valence-corrected chi connectivity index (χ0v) is 13.3. The highest BCUT2D eigenvalue weighted by Crippen LogP contribution is 2.28. The Bertz CT molecular complexity index is 503. The third kappa shape index (κ3) is 6.13. The molecule has 0 saturated carbocycles. The molecular formula is C16H25N3O3. The molecular weight excluding hydrogens is 282 g/mol. The zero-order chi connectivity index (χ0) is 16.4. The number of carbonyl (C=O) groups is 2. The Morgan fingerprint density at radius 2 is 1.82 bits per heavy atom. The maximum Gasteiger partial charge on any atom is 0.224 e. The molecule has 1 aromatic rings. The Labute approximate surface area is 131 Å². The average Bonchev–Trinajstić information content (AvgIpc) is 2.52. The van der Waals surface area contributed by atoms with Gasteiger partial charge in [-0.1, -0.05) is 13.3 Å². The van der Waals surface area contributed by atoms with Crippen molar-refractivity contribution in [1.82, 2.24) is 0 Å². The van der Waals surface area contributed by atoms with E-state index in [1.165, 1.54) is 7.11 Å². The smallest absolute Gasteiger partial charge is 0.224 e. The van der Waals surface area contributed by atoms with Gasteiger partial charge in [0.15, 0.2) is 0 Å². The highest BCUT2D eigenvalue weighted by Gasteiger charge is 2.09. The van der Waals surface area contributed by atoms with Crippen LogP contribution in [0.5, 0.6) is 5.75 Å². The van der Waals surface area contributed by atoms with E-state index in [-0.39, 0.29) is 11.8 Å². The van der Waals surface area contributed by atoms with Gasteiger partial charge in [-0.2, -0.15) is 0 Å². The first-order chi connectivity index (χ1) is 10.6. The second-order valence-corrected chi connectivity index (χ2v) is 5.01. The summed E-state index contributed by atoms with van der Waals surface area (Å²) in [6.07, 6.45) is 3.34. The van der Waals surface area contributed by atoms with Gasteiger partial charge in [-0.15, -0.1) is 0 Å². The Balaban J connectivity index is 2.70. The van der Waals surface area contributed by atoms with Gasteiger partial charge in [-0.3, -0.25) is 9.59 Å². The first-order valence-electron chi connectivity index (χ1n) is 7.58. The Morgan fingerprint density at radius 3 is 2.45 bits per heavy atom. The maximum absolute atomic E-state index is 11.8. The van der Waals surface area contributed by atoms with E-state index in [4.69, 9.17) is 10.5 Å². The van der Waals surface area contributed by atoms with Crippen LogP contribution in [-0.2, 0) is 9.59 Å². The zero-order valence-electron chi connectivity index (χ0n) is 13.3. The fourth-order valence-corrected chi connectivity index (χ4v) is 1.91. The number of hydrogen-bond acceptors (Lipinski definition) is 4. The predicted molar refractivity (Wildman–Crippen MR) is 88.1 cm³/mol. The van der Waals surface area contributed by atoms with Crippen LogP contribution < -0.4 is 21.1 Å². The molecule has 0 aliphatic rings. The fourth-order valence-electron chi connectivity index (χ4n) is 1.91. The molecule has 122 valence electrons. The van der Waals surface area contributed by atoms with E-state index >= 15 is 0 Å². The molecule has 6 nitrogen and oxygen atoms in total. The maximum atomic E-state index is 11.8. The number of anilines is 2. The minimum absolute atomic E-state index is 0.0418. The van der Waals surface area contributed by atoms with Gasteiger partial charge in [0, 0.05) is 24.6 Å². The second kappa shape index (κ2) is 9.78. The van der Waals surface area contributed by atoms with Crippen molar-refractivity contribution in [1.29, 1.82) is 0 Å². The van der Waals surface area contributed by atoms with Crippen molar-refractivity contribution in [3.05, 3.63) is 18.2 Å². The molecule has 0 aliphatic heterocycles. The molecule has 0 heterocycles. The molecule has 0 spiro atoms. The van der Waals surface area contributed by atoms with E-state index in [1.54, 1.807) is 18.2 Å². The van der Waals surface area contributed by atoms with Crippen molar-refractivity contribution in [3.8, 4) is 5.75 Å². The van der Waals surface area contributed by atoms with Gasteiger partial charge in [0.1, 0.15) is 5.75 Å². The van der Waals surface area contributed by atoms with Crippen LogP contribution in [0, 0.1) is 0 Å². The summed E-state index contributed by atoms with van der Waals surface area (Å²) < 4.78 is 5.27. The van der Waals surface area contributed by atoms with E-state index < -0.39 is 0 Å². The van der Waals surface area contributed by atoms with Crippen molar-refractivity contribution < 1.29 is 14.3 Å². The van der Waals surface area contributed by atoms with Gasteiger partial charge in [-0.05, 0) is 31.5 Å². The van der Waals surface area contributed by atoms with Crippen LogP contribution in [-0.4, -0.2) is 25.5 Å². The monoisotopic (exact) mass is 307 g/mol. The minimum Gasteiger partial charge on any atom is -0.494 e. The molecule has 0 aromatic heterocycles. The molecule has 1 aromatic carbocycles. The first-order valence-corrected chi connectivity index (χ1v) is 7.58. The van der Waals surface area contributed by atoms with Crippen LogP contribution in [0.4, 0.5) is 11.4 Å². The van der Waals surface area contributed by atoms with Crippen LogP contribution in [0.25, 0.3) is 0 Å². The number of rotatable bonds is 9. The topological polar surface area (TPSA) is 93.5 Å². The lowest BCUT2D eigenvalue weighted by atomic mass is 10.2. The molecule has 6 heteroatoms. The lowest BCUT2D eigenvalue weighted by Crippen LogP contribution is -2.14. The summed E-state index contributed by atoms with van der Waals surface area (Å²) in [5.41, 5.74) is 6.61. The standard InChI is InChI=1S/C16H25N3O3/c1-3-4-6-16(21)19-13-9-8-12(11-14(13)22-2)18-15(20)7-5-10-17/h8-9,11H,3-7,10,17H2,1-2H3,(H,18,20)(H,19,21). The number of hydrogen-bond donors (Lipinski definition) is 3. The van der Waals surface area contributed by atoms with Crippen molar-refractivity contribution in [2.24, 2.45) is 5.73 Å². The lowest BCUT2D eigenvalue weighted by molar-refractivity contribution is -0.117. The van der Waals surface area contributed by atoms with Gasteiger partial charge in [-0.25, -0.2) is 0 Å². The van der Waals surface area contributed by atoms with Crippen LogP contribution >= 0.6 is 0 Å². The third-order valence-corrected chi connectivity index (χ3v) is 3.12. The van der Waals surface area contributed by atoms with Crippen molar-refractivity contribution in [2.75, 3.05) is 24.3 Å². The summed E-state index contributed by atoms with van der Waals surface area (Å²) in [6, 6.07) is 5.15. The summed E-state index contributed by atoms with van der Waals surface area (Å²) in [4.78, 5) is 23.4. The molecule has 22 heavy (non-hydrogen) atoms. The number of amides is 2. The second-order valence-electron chi connectivity index (χ2n) is 5.01. The van der Waals surface area contributed by atoms with Crippen LogP contribution in [0.2, 0.25) is 0 Å². The molecule has 2 amide bonds. The molecule has 0 saturated heterocycles. The minimum atomic E-state index is -0.0905. The first kappa shape index (κ1) is 18.0. The number of benzene rings is 1. The molecule has 0 aliphatic carbocycles. The van der Waals surface area contributed by atoms with Gasteiger partial charge in [0.05, 0.1) is 12.8 Å². The van der Waals surface area contributed by atoms with E-state index in [0.29, 0.717) is 42.9 Å². The summed E-state index contributed by atoms with van der Waals surface area (Å²) in [5.74, 6) is 0.383. The normalized spacial score (nSPS) is 10.1. The number of carbonyl (C=O) groups excluding carboxylic acids is 2. The molecule has 1 rings (SSSR count). The Hall–Kier alpha value is -2.08. The highest BCUT2D eigenvalue weighted by molar-refractivity contribution is 5.94. The third-order valence-electron chi connectivity index (χ3n) is 3.12. The van der Waals surface area contributed by atoms with Crippen molar-refractivity contribution in [2.45, 2.75) is 39.0 Å². The number of nitrogens with one attached hydrogen (secondary N) is 2. The number of unbranched alkanes of at least 4 members (excludes halogenated alkanes) is 1. The highest BCUT2D eigenvalue weighted by atomic mass is 16.5. The Kier molecular flexibility index (Phi) is 7.99. The molecule has 0 atom stereocenters. The number of methoxy groups -OCH3 is 1. The fraction of sp³-hybridized carbons (Fsp3) is 0.500. The van der Waals surface area contributed by atoms with Gasteiger partial charge < -0.3 is 21.1 Å². The average molecular weight is 307 g/mol. The molecule has 0 radical (unpaired) electrons. The van der Waals surface area contributed by atoms with Crippen molar-refractivity contribution >= 4 is 23.2 Å². The summed E-state index contributed by atoms with van der Waals surface area (Å²) >= 11 is 0. The molecule has 4 N–H and O–H groups in total. The van der Waals surface area contributed by atoms with E-state index in [9.17, 15) is 9.59 Å². The molecule has 0 unspecified atom stereocenters. The summed E-state index contributed by atoms with van der Waals surface area (Å²) in [5, 5.41) is 5.60. The molecule has 0 fully saturated rings. The van der Waals surface area contributed by atoms with Gasteiger partial charge in [0.2, 0.25) is 11.8 Å². The number of ether oxygens (including phenoxy) is 1. The van der Waals surface area contributed by atoms with Crippen LogP contribution in [0.1, 0.15) is 39.0 Å². The lowest BCUT2D eigenvalue weighted by Gasteiger charge is -2.12. The predicted octanol–water partition coefficient (Wildman–Crippen LogP) is 2.50. The van der Waals surface area contributed by atoms with Gasteiger partial charge >= 0.3 is 0 Å². The van der Waals surface area contributed by atoms with Crippen molar-refractivity contribution in [3.63, 3.8) is 0 Å². The van der Waals surface area contributed by atoms with Crippen LogP contribution in [0.3, 0.4) is 0 Å². The quantitative estimate of drug-likeness (QED) is 0.653. The van der Waals surface area contributed by atoms with Gasteiger partial charge in [0.25, 0.3) is 0 Å². The van der Waals surface area contributed by atoms with E-state index in [2.05, 4.69) is 10.6 Å². The molecule has 0 bridgehead atoms. The van der Waals surface area contributed by atoms with E-state index in [0.717, 1.165) is 12.8 Å².